The van der Waals surface area contributed by atoms with Crippen molar-refractivity contribution in [1.29, 1.82) is 0 Å². The summed E-state index contributed by atoms with van der Waals surface area (Å²) >= 11 is 0. The van der Waals surface area contributed by atoms with Gasteiger partial charge in [0.1, 0.15) is 6.29 Å². The van der Waals surface area contributed by atoms with Crippen LogP contribution in [0.25, 0.3) is 0 Å². The molecule has 0 aliphatic rings. The van der Waals surface area contributed by atoms with E-state index in [9.17, 15) is 9.59 Å². The molecule has 0 aliphatic heterocycles. The molecule has 3 nitrogen and oxygen atoms in total. The van der Waals surface area contributed by atoms with E-state index in [0.717, 1.165) is 17.4 Å². The topological polar surface area (TPSA) is 54.4 Å². The van der Waals surface area contributed by atoms with Crippen LogP contribution in [0.3, 0.4) is 0 Å². The van der Waals surface area contributed by atoms with Gasteiger partial charge < -0.3 is 9.90 Å². The van der Waals surface area contributed by atoms with E-state index < -0.39 is 5.97 Å². The van der Waals surface area contributed by atoms with Crippen LogP contribution < -0.4 is 0 Å². The Labute approximate surface area is 82.4 Å². The summed E-state index contributed by atoms with van der Waals surface area (Å²) in [4.78, 5) is 20.8. The van der Waals surface area contributed by atoms with Gasteiger partial charge in [0.15, 0.2) is 0 Å². The fourth-order valence-electron chi connectivity index (χ4n) is 1.35. The minimum atomic E-state index is -0.913. The van der Waals surface area contributed by atoms with Crippen LogP contribution in [-0.2, 0) is 11.2 Å². The molecule has 74 valence electrons. The molecule has 1 aromatic carbocycles. The van der Waals surface area contributed by atoms with Gasteiger partial charge in [-0.2, -0.15) is 0 Å². The summed E-state index contributed by atoms with van der Waals surface area (Å²) in [6, 6.07) is 5.14. The van der Waals surface area contributed by atoms with Gasteiger partial charge in [0, 0.05) is 6.42 Å². The number of aryl methyl sites for hydroxylation is 2. The van der Waals surface area contributed by atoms with Crippen molar-refractivity contribution in [2.45, 2.75) is 19.8 Å². The number of hydrogen-bond acceptors (Lipinski definition) is 2. The van der Waals surface area contributed by atoms with E-state index in [-0.39, 0.29) is 0 Å². The summed E-state index contributed by atoms with van der Waals surface area (Å²) in [7, 11) is 0. The average molecular weight is 192 g/mol. The molecule has 0 unspecified atom stereocenters. The lowest BCUT2D eigenvalue weighted by Crippen LogP contribution is -2.00. The van der Waals surface area contributed by atoms with Crippen molar-refractivity contribution in [1.82, 2.24) is 0 Å². The molecule has 0 fully saturated rings. The van der Waals surface area contributed by atoms with Gasteiger partial charge >= 0.3 is 5.97 Å². The molecule has 0 amide bonds. The molecule has 0 atom stereocenters. The molecule has 1 aromatic rings. The Hall–Kier alpha value is -1.64. The smallest absolute Gasteiger partial charge is 0.335 e. The first-order chi connectivity index (χ1) is 6.65. The predicted octanol–water partition coefficient (Wildman–Crippen LogP) is 1.82. The molecule has 0 heterocycles. The van der Waals surface area contributed by atoms with Crippen LogP contribution in [0.1, 0.15) is 27.9 Å². The second-order valence-corrected chi connectivity index (χ2v) is 3.16. The van der Waals surface area contributed by atoms with Gasteiger partial charge in [-0.1, -0.05) is 12.1 Å². The van der Waals surface area contributed by atoms with Crippen molar-refractivity contribution >= 4 is 12.3 Å². The number of hydrogen-bond donors (Lipinski definition) is 1. The standard InChI is InChI=1S/C11H12O3/c1-8-7-9(3-2-6-12)4-5-10(8)11(13)14/h4-7H,2-3H2,1H3,(H,13,14). The number of benzene rings is 1. The van der Waals surface area contributed by atoms with Crippen LogP contribution in [0.5, 0.6) is 0 Å². The molecule has 1 rings (SSSR count). The van der Waals surface area contributed by atoms with Crippen molar-refractivity contribution in [3.8, 4) is 0 Å². The van der Waals surface area contributed by atoms with E-state index >= 15 is 0 Å². The van der Waals surface area contributed by atoms with Gasteiger partial charge in [-0.3, -0.25) is 0 Å². The third-order valence-corrected chi connectivity index (χ3v) is 2.07. The average Bonchev–Trinajstić information content (AvgIpc) is 2.14. The van der Waals surface area contributed by atoms with E-state index in [2.05, 4.69) is 0 Å². The van der Waals surface area contributed by atoms with Crippen LogP contribution in [-0.4, -0.2) is 17.4 Å². The maximum Gasteiger partial charge on any atom is 0.335 e. The molecular formula is C11H12O3. The summed E-state index contributed by atoms with van der Waals surface area (Å²) in [5.41, 5.74) is 2.06. The van der Waals surface area contributed by atoms with E-state index in [0.29, 0.717) is 18.4 Å². The Bertz CT molecular complexity index is 356. The molecule has 0 saturated heterocycles. The van der Waals surface area contributed by atoms with Crippen LogP contribution in [0, 0.1) is 6.92 Å². The van der Waals surface area contributed by atoms with E-state index in [1.54, 1.807) is 19.1 Å². The molecular weight excluding hydrogens is 180 g/mol. The highest BCUT2D eigenvalue weighted by atomic mass is 16.4. The molecule has 3 heteroatoms. The minimum absolute atomic E-state index is 0.319. The Kier molecular flexibility index (Phi) is 3.40. The third-order valence-electron chi connectivity index (χ3n) is 2.07. The van der Waals surface area contributed by atoms with Crippen molar-refractivity contribution in [3.05, 3.63) is 34.9 Å². The van der Waals surface area contributed by atoms with Gasteiger partial charge in [0.25, 0.3) is 0 Å². The Morgan fingerprint density at radius 2 is 2.21 bits per heavy atom. The highest BCUT2D eigenvalue weighted by molar-refractivity contribution is 5.89. The molecule has 0 radical (unpaired) electrons. The molecule has 0 aromatic heterocycles. The summed E-state index contributed by atoms with van der Waals surface area (Å²) in [5.74, 6) is -0.913. The quantitative estimate of drug-likeness (QED) is 0.740. The Morgan fingerprint density at radius 1 is 1.50 bits per heavy atom. The fraction of sp³-hybridized carbons (Fsp3) is 0.273. The Morgan fingerprint density at radius 3 is 2.71 bits per heavy atom. The van der Waals surface area contributed by atoms with Gasteiger partial charge in [-0.25, -0.2) is 4.79 Å². The largest absolute Gasteiger partial charge is 0.478 e. The number of carbonyl (C=O) groups is 2. The number of aromatic carboxylic acids is 1. The number of rotatable bonds is 4. The van der Waals surface area contributed by atoms with Crippen LogP contribution in [0.4, 0.5) is 0 Å². The maximum atomic E-state index is 10.7. The maximum absolute atomic E-state index is 10.7. The summed E-state index contributed by atoms with van der Waals surface area (Å²) in [5, 5.41) is 8.78. The number of carboxylic acid groups (broad SMARTS) is 1. The first-order valence-corrected chi connectivity index (χ1v) is 4.41. The number of carboxylic acids is 1. The molecule has 0 spiro atoms. The first-order valence-electron chi connectivity index (χ1n) is 4.41. The lowest BCUT2D eigenvalue weighted by molar-refractivity contribution is -0.107. The van der Waals surface area contributed by atoms with Gasteiger partial charge in [0.05, 0.1) is 5.56 Å². The summed E-state index contributed by atoms with van der Waals surface area (Å²) < 4.78 is 0. The predicted molar refractivity (Wildman–Crippen MR) is 52.5 cm³/mol. The SMILES string of the molecule is Cc1cc(CCC=O)ccc1C(=O)O. The lowest BCUT2D eigenvalue weighted by Gasteiger charge is -2.03. The van der Waals surface area contributed by atoms with Crippen molar-refractivity contribution in [2.75, 3.05) is 0 Å². The summed E-state index contributed by atoms with van der Waals surface area (Å²) in [6.45, 7) is 1.76. The van der Waals surface area contributed by atoms with Crippen LogP contribution >= 0.6 is 0 Å². The van der Waals surface area contributed by atoms with Crippen LogP contribution in [0.15, 0.2) is 18.2 Å². The second-order valence-electron chi connectivity index (χ2n) is 3.16. The molecule has 0 bridgehead atoms. The zero-order valence-corrected chi connectivity index (χ0v) is 7.99. The van der Waals surface area contributed by atoms with Crippen molar-refractivity contribution in [3.63, 3.8) is 0 Å². The van der Waals surface area contributed by atoms with E-state index in [1.807, 2.05) is 6.07 Å². The number of aldehydes is 1. The van der Waals surface area contributed by atoms with Gasteiger partial charge in [0.2, 0.25) is 0 Å². The first kappa shape index (κ1) is 10.4. The van der Waals surface area contributed by atoms with Gasteiger partial charge in [-0.05, 0) is 30.5 Å². The third kappa shape index (κ3) is 2.42. The molecule has 0 aliphatic carbocycles. The highest BCUT2D eigenvalue weighted by Crippen LogP contribution is 2.12. The van der Waals surface area contributed by atoms with E-state index in [4.69, 9.17) is 5.11 Å². The lowest BCUT2D eigenvalue weighted by atomic mass is 10.0. The molecule has 1 N–H and O–H groups in total. The van der Waals surface area contributed by atoms with Gasteiger partial charge in [-0.15, -0.1) is 0 Å². The zero-order chi connectivity index (χ0) is 10.6. The van der Waals surface area contributed by atoms with Crippen molar-refractivity contribution < 1.29 is 14.7 Å². The monoisotopic (exact) mass is 192 g/mol. The molecule has 0 saturated carbocycles. The second kappa shape index (κ2) is 4.56. The summed E-state index contributed by atoms with van der Waals surface area (Å²) in [6.07, 6.45) is 2.01. The number of carbonyl (C=O) groups excluding carboxylic acids is 1. The van der Waals surface area contributed by atoms with E-state index in [1.165, 1.54) is 0 Å². The zero-order valence-electron chi connectivity index (χ0n) is 7.99. The highest BCUT2D eigenvalue weighted by Gasteiger charge is 2.06. The Balaban J connectivity index is 2.88. The van der Waals surface area contributed by atoms with Crippen LogP contribution in [0.2, 0.25) is 0 Å². The minimum Gasteiger partial charge on any atom is -0.478 e. The van der Waals surface area contributed by atoms with Crippen molar-refractivity contribution in [2.24, 2.45) is 0 Å². The molecule has 14 heavy (non-hydrogen) atoms. The fourth-order valence-corrected chi connectivity index (χ4v) is 1.35. The normalized spacial score (nSPS) is 9.79.